The summed E-state index contributed by atoms with van der Waals surface area (Å²) in [5.41, 5.74) is 0.669. The molecule has 0 saturated carbocycles. The molecular weight excluding hydrogens is 183 g/mol. The minimum atomic E-state index is 0.213. The fraction of sp³-hybridized carbons (Fsp3) is 0.143. The molecule has 0 N–H and O–H groups in total. The van der Waals surface area contributed by atoms with E-state index in [1.807, 2.05) is 0 Å². The van der Waals surface area contributed by atoms with Crippen LogP contribution in [-0.2, 0) is 5.88 Å². The Kier molecular flexibility index (Phi) is 2.70. The molecule has 0 radical (unpaired) electrons. The summed E-state index contributed by atoms with van der Waals surface area (Å²) in [6.07, 6.45) is 0. The van der Waals surface area contributed by atoms with Gasteiger partial charge in [0.15, 0.2) is 0 Å². The normalized spacial score (nSPS) is 9.18. The van der Waals surface area contributed by atoms with E-state index in [0.29, 0.717) is 16.6 Å². The van der Waals surface area contributed by atoms with Crippen LogP contribution in [0.5, 0.6) is 0 Å². The fourth-order valence-corrected chi connectivity index (χ4v) is 0.920. The molecule has 4 heteroatoms. The summed E-state index contributed by atoms with van der Waals surface area (Å²) >= 11 is 11.1. The molecule has 0 spiro atoms. The van der Waals surface area contributed by atoms with Crippen LogP contribution in [0.3, 0.4) is 0 Å². The summed E-state index contributed by atoms with van der Waals surface area (Å²) in [4.78, 5) is 7.02. The third kappa shape index (κ3) is 1.83. The van der Waals surface area contributed by atoms with Crippen molar-refractivity contribution in [2.75, 3.05) is 0 Å². The maximum absolute atomic E-state index is 6.69. The van der Waals surface area contributed by atoms with Crippen molar-refractivity contribution in [3.05, 3.63) is 34.3 Å². The molecule has 0 aliphatic rings. The minimum Gasteiger partial charge on any atom is -0.359 e. The molecule has 0 aliphatic carbocycles. The van der Waals surface area contributed by atoms with Crippen LogP contribution in [-0.4, -0.2) is 4.98 Å². The number of nitrogens with zero attached hydrogens (tertiary/aromatic N) is 2. The average molecular weight is 187 g/mol. The number of hydrogen-bond donors (Lipinski definition) is 0. The second-order valence-corrected chi connectivity index (χ2v) is 2.53. The predicted octanol–water partition coefficient (Wildman–Crippen LogP) is 3.02. The van der Waals surface area contributed by atoms with Gasteiger partial charge in [-0.25, -0.2) is 0 Å². The summed E-state index contributed by atoms with van der Waals surface area (Å²) in [5.74, 6) is 0.518. The molecular formula is C7H4Cl2N2. The topological polar surface area (TPSA) is 17.2 Å². The average Bonchev–Trinajstić information content (AvgIpc) is 2.05. The van der Waals surface area contributed by atoms with Crippen molar-refractivity contribution in [3.63, 3.8) is 0 Å². The molecule has 0 fully saturated rings. The van der Waals surface area contributed by atoms with Crippen LogP contribution in [0.2, 0.25) is 5.02 Å². The molecule has 1 heterocycles. The standard InChI is InChI=1S/C7H4Cl2N2/c1-10-7-6(9)3-2-5(4-8)11-7/h2-3H,4H2. The van der Waals surface area contributed by atoms with Gasteiger partial charge in [-0.2, -0.15) is 0 Å². The summed E-state index contributed by atoms with van der Waals surface area (Å²) in [6.45, 7) is 6.69. The zero-order chi connectivity index (χ0) is 8.27. The summed E-state index contributed by atoms with van der Waals surface area (Å²) in [5, 5.41) is 0.369. The third-order valence-electron chi connectivity index (χ3n) is 1.13. The van der Waals surface area contributed by atoms with Gasteiger partial charge in [-0.05, 0) is 12.1 Å². The van der Waals surface area contributed by atoms with E-state index in [1.54, 1.807) is 12.1 Å². The molecule has 0 atom stereocenters. The molecule has 1 rings (SSSR count). The quantitative estimate of drug-likeness (QED) is 0.487. The number of alkyl halides is 1. The van der Waals surface area contributed by atoms with Crippen molar-refractivity contribution < 1.29 is 0 Å². The minimum absolute atomic E-state index is 0.213. The molecule has 2 nitrogen and oxygen atoms in total. The van der Waals surface area contributed by atoms with E-state index in [1.165, 1.54) is 0 Å². The van der Waals surface area contributed by atoms with Gasteiger partial charge >= 0.3 is 0 Å². The number of rotatable bonds is 1. The van der Waals surface area contributed by atoms with E-state index in [4.69, 9.17) is 29.8 Å². The summed E-state index contributed by atoms with van der Waals surface area (Å²) < 4.78 is 0. The number of pyridine rings is 1. The Morgan fingerprint density at radius 3 is 2.82 bits per heavy atom. The van der Waals surface area contributed by atoms with Gasteiger partial charge in [0.05, 0.1) is 10.9 Å². The van der Waals surface area contributed by atoms with E-state index >= 15 is 0 Å². The molecule has 11 heavy (non-hydrogen) atoms. The summed E-state index contributed by atoms with van der Waals surface area (Å²) in [7, 11) is 0. The number of hydrogen-bond acceptors (Lipinski definition) is 1. The smallest absolute Gasteiger partial charge is 0.288 e. The maximum atomic E-state index is 6.69. The van der Waals surface area contributed by atoms with Gasteiger partial charge in [-0.1, -0.05) is 18.2 Å². The molecule has 1 aromatic rings. The SMILES string of the molecule is [C-]#[N+]c1nc(CCl)ccc1Cl. The highest BCUT2D eigenvalue weighted by atomic mass is 35.5. The van der Waals surface area contributed by atoms with Crippen LogP contribution in [0.25, 0.3) is 4.85 Å². The molecule has 56 valence electrons. The number of halogens is 2. The number of aromatic nitrogens is 1. The van der Waals surface area contributed by atoms with E-state index in [0.717, 1.165) is 0 Å². The summed E-state index contributed by atoms with van der Waals surface area (Å²) in [6, 6.07) is 3.32. The van der Waals surface area contributed by atoms with Crippen LogP contribution in [0.4, 0.5) is 5.82 Å². The van der Waals surface area contributed by atoms with Crippen molar-refractivity contribution in [1.82, 2.24) is 4.98 Å². The Labute approximate surface area is 74.6 Å². The Morgan fingerprint density at radius 1 is 1.55 bits per heavy atom. The van der Waals surface area contributed by atoms with Gasteiger partial charge in [0.1, 0.15) is 5.69 Å². The Morgan fingerprint density at radius 2 is 2.27 bits per heavy atom. The second-order valence-electron chi connectivity index (χ2n) is 1.85. The molecule has 1 aromatic heterocycles. The Hall–Kier alpha value is -0.780. The van der Waals surface area contributed by atoms with Gasteiger partial charge in [0.25, 0.3) is 5.82 Å². The molecule has 0 aliphatic heterocycles. The van der Waals surface area contributed by atoms with Crippen molar-refractivity contribution in [1.29, 1.82) is 0 Å². The second kappa shape index (κ2) is 3.56. The first-order valence-electron chi connectivity index (χ1n) is 2.86. The predicted molar refractivity (Wildman–Crippen MR) is 45.1 cm³/mol. The van der Waals surface area contributed by atoms with Gasteiger partial charge in [0, 0.05) is 0 Å². The van der Waals surface area contributed by atoms with Gasteiger partial charge in [-0.3, -0.25) is 0 Å². The zero-order valence-corrected chi connectivity index (χ0v) is 7.02. The Bertz CT molecular complexity index is 304. The lowest BCUT2D eigenvalue weighted by atomic mass is 10.4. The lowest BCUT2D eigenvalue weighted by Crippen LogP contribution is -1.83. The van der Waals surface area contributed by atoms with E-state index in [9.17, 15) is 0 Å². The van der Waals surface area contributed by atoms with E-state index in [2.05, 4.69) is 9.83 Å². The first-order chi connectivity index (χ1) is 5.27. The molecule has 0 aromatic carbocycles. The van der Waals surface area contributed by atoms with Crippen molar-refractivity contribution in [2.45, 2.75) is 5.88 Å². The third-order valence-corrected chi connectivity index (χ3v) is 1.70. The van der Waals surface area contributed by atoms with Gasteiger partial charge in [0.2, 0.25) is 0 Å². The zero-order valence-electron chi connectivity index (χ0n) is 5.51. The molecule has 0 bridgehead atoms. The van der Waals surface area contributed by atoms with Crippen LogP contribution in [0.1, 0.15) is 5.69 Å². The van der Waals surface area contributed by atoms with E-state index < -0.39 is 0 Å². The lowest BCUT2D eigenvalue weighted by Gasteiger charge is -1.93. The van der Waals surface area contributed by atoms with Crippen molar-refractivity contribution in [2.24, 2.45) is 0 Å². The Balaban J connectivity index is 3.15. The van der Waals surface area contributed by atoms with Gasteiger partial charge < -0.3 is 4.85 Å². The highest BCUT2D eigenvalue weighted by Crippen LogP contribution is 2.22. The van der Waals surface area contributed by atoms with E-state index in [-0.39, 0.29) is 5.82 Å². The van der Waals surface area contributed by atoms with Gasteiger partial charge in [-0.15, -0.1) is 16.6 Å². The van der Waals surface area contributed by atoms with Crippen LogP contribution < -0.4 is 0 Å². The van der Waals surface area contributed by atoms with Crippen molar-refractivity contribution >= 4 is 29.0 Å². The monoisotopic (exact) mass is 186 g/mol. The lowest BCUT2D eigenvalue weighted by molar-refractivity contribution is 1.19. The first kappa shape index (κ1) is 8.32. The first-order valence-corrected chi connectivity index (χ1v) is 3.78. The highest BCUT2D eigenvalue weighted by molar-refractivity contribution is 6.33. The molecule has 0 saturated heterocycles. The van der Waals surface area contributed by atoms with Crippen LogP contribution in [0.15, 0.2) is 12.1 Å². The van der Waals surface area contributed by atoms with Crippen LogP contribution >= 0.6 is 23.2 Å². The molecule has 0 amide bonds. The maximum Gasteiger partial charge on any atom is 0.288 e. The highest BCUT2D eigenvalue weighted by Gasteiger charge is 2.03. The fourth-order valence-electron chi connectivity index (χ4n) is 0.623. The molecule has 0 unspecified atom stereocenters. The van der Waals surface area contributed by atoms with Crippen LogP contribution in [0, 0.1) is 6.57 Å². The largest absolute Gasteiger partial charge is 0.359 e. The van der Waals surface area contributed by atoms with Crippen molar-refractivity contribution in [3.8, 4) is 0 Å².